The van der Waals surface area contributed by atoms with E-state index in [0.29, 0.717) is 6.10 Å². The van der Waals surface area contributed by atoms with Gasteiger partial charge in [0, 0.05) is 6.61 Å². The molecular weight excluding hydrogens is 212 g/mol. The molecule has 17 heavy (non-hydrogen) atoms. The first kappa shape index (κ1) is 12.6. The fourth-order valence-electron chi connectivity index (χ4n) is 2.06. The predicted octanol–water partition coefficient (Wildman–Crippen LogP) is 2.99. The normalized spacial score (nSPS) is 18.3. The zero-order valence-corrected chi connectivity index (χ0v) is 10.7. The molecule has 0 spiro atoms. The van der Waals surface area contributed by atoms with Crippen LogP contribution < -0.4 is 0 Å². The Kier molecular flexibility index (Phi) is 5.02. The van der Waals surface area contributed by atoms with E-state index >= 15 is 0 Å². The Labute approximate surface area is 104 Å². The first-order chi connectivity index (χ1) is 8.40. The third kappa shape index (κ3) is 4.49. The number of rotatable bonds is 8. The maximum absolute atomic E-state index is 5.55. The first-order valence-corrected chi connectivity index (χ1v) is 6.66. The van der Waals surface area contributed by atoms with E-state index in [2.05, 4.69) is 31.2 Å². The average molecular weight is 234 g/mol. The van der Waals surface area contributed by atoms with Crippen LogP contribution in [0.2, 0.25) is 0 Å². The minimum absolute atomic E-state index is 0.391. The van der Waals surface area contributed by atoms with E-state index in [1.807, 2.05) is 0 Å². The summed E-state index contributed by atoms with van der Waals surface area (Å²) in [6.07, 6.45) is 5.02. The Hall–Kier alpha value is -0.860. The Morgan fingerprint density at radius 1 is 1.24 bits per heavy atom. The summed E-state index contributed by atoms with van der Waals surface area (Å²) in [6, 6.07) is 8.76. The molecule has 1 aliphatic rings. The number of hydrogen-bond acceptors (Lipinski definition) is 2. The molecule has 1 heterocycles. The molecule has 2 heteroatoms. The van der Waals surface area contributed by atoms with E-state index in [4.69, 9.17) is 9.47 Å². The van der Waals surface area contributed by atoms with Crippen molar-refractivity contribution in [1.82, 2.24) is 0 Å². The van der Waals surface area contributed by atoms with E-state index < -0.39 is 0 Å². The predicted molar refractivity (Wildman–Crippen MR) is 69.3 cm³/mol. The first-order valence-electron chi connectivity index (χ1n) is 6.66. The van der Waals surface area contributed by atoms with Gasteiger partial charge in [-0.05, 0) is 30.4 Å². The maximum atomic E-state index is 5.55. The van der Waals surface area contributed by atoms with Crippen LogP contribution in [0.1, 0.15) is 30.9 Å². The van der Waals surface area contributed by atoms with Crippen molar-refractivity contribution in [3.05, 3.63) is 35.4 Å². The maximum Gasteiger partial charge on any atom is 0.104 e. The van der Waals surface area contributed by atoms with Gasteiger partial charge in [0.25, 0.3) is 0 Å². The van der Waals surface area contributed by atoms with E-state index in [1.165, 1.54) is 24.0 Å². The number of benzene rings is 1. The zero-order chi connectivity index (χ0) is 11.9. The highest BCUT2D eigenvalue weighted by Gasteiger charge is 2.21. The topological polar surface area (TPSA) is 21.8 Å². The molecule has 94 valence electrons. The van der Waals surface area contributed by atoms with E-state index in [9.17, 15) is 0 Å². The molecule has 1 aliphatic heterocycles. The molecule has 1 saturated heterocycles. The Bertz CT molecular complexity index is 331. The molecule has 0 radical (unpaired) electrons. The number of hydrogen-bond donors (Lipinski definition) is 0. The summed E-state index contributed by atoms with van der Waals surface area (Å²) < 4.78 is 10.7. The molecule has 0 aromatic heterocycles. The Morgan fingerprint density at radius 2 is 1.94 bits per heavy atom. The molecule has 0 aliphatic carbocycles. The molecule has 1 atom stereocenters. The van der Waals surface area contributed by atoms with Crippen molar-refractivity contribution in [2.24, 2.45) is 0 Å². The van der Waals surface area contributed by atoms with Gasteiger partial charge in [-0.15, -0.1) is 0 Å². The lowest BCUT2D eigenvalue weighted by atomic mass is 10.00. The van der Waals surface area contributed by atoms with Gasteiger partial charge in [-0.1, -0.05) is 37.6 Å². The molecular formula is C15H22O2. The average Bonchev–Trinajstić information content (AvgIpc) is 3.15. The van der Waals surface area contributed by atoms with E-state index in [1.54, 1.807) is 0 Å². The fraction of sp³-hybridized carbons (Fsp3) is 0.600. The SMILES string of the molecule is CCCc1ccccc1CCCOCC1CO1. The standard InChI is InChI=1S/C15H22O2/c1-2-6-13-7-3-4-8-14(13)9-5-10-16-11-15-12-17-15/h3-4,7-8,15H,2,5-6,9-12H2,1H3. The number of epoxide rings is 1. The summed E-state index contributed by atoms with van der Waals surface area (Å²) >= 11 is 0. The van der Waals surface area contributed by atoms with Crippen molar-refractivity contribution in [3.63, 3.8) is 0 Å². The molecule has 1 fully saturated rings. The summed E-state index contributed by atoms with van der Waals surface area (Å²) in [7, 11) is 0. The lowest BCUT2D eigenvalue weighted by Crippen LogP contribution is -2.04. The van der Waals surface area contributed by atoms with Crippen molar-refractivity contribution >= 4 is 0 Å². The second kappa shape index (κ2) is 6.77. The Morgan fingerprint density at radius 3 is 2.59 bits per heavy atom. The largest absolute Gasteiger partial charge is 0.379 e. The van der Waals surface area contributed by atoms with E-state index in [0.717, 1.165) is 32.7 Å². The van der Waals surface area contributed by atoms with Crippen molar-refractivity contribution in [2.75, 3.05) is 19.8 Å². The monoisotopic (exact) mass is 234 g/mol. The molecule has 1 aromatic rings. The van der Waals surface area contributed by atoms with Gasteiger partial charge in [-0.3, -0.25) is 0 Å². The molecule has 0 amide bonds. The Balaban J connectivity index is 1.69. The number of ether oxygens (including phenoxy) is 2. The van der Waals surface area contributed by atoms with Crippen LogP contribution in [0, 0.1) is 0 Å². The third-order valence-corrected chi connectivity index (χ3v) is 3.08. The van der Waals surface area contributed by atoms with Gasteiger partial charge in [0.05, 0.1) is 13.2 Å². The summed E-state index contributed by atoms with van der Waals surface area (Å²) in [5.74, 6) is 0. The highest BCUT2D eigenvalue weighted by atomic mass is 16.6. The van der Waals surface area contributed by atoms with Gasteiger partial charge in [-0.25, -0.2) is 0 Å². The van der Waals surface area contributed by atoms with Gasteiger partial charge >= 0.3 is 0 Å². The molecule has 2 rings (SSSR count). The minimum atomic E-state index is 0.391. The molecule has 0 N–H and O–H groups in total. The van der Waals surface area contributed by atoms with Crippen molar-refractivity contribution in [1.29, 1.82) is 0 Å². The lowest BCUT2D eigenvalue weighted by Gasteiger charge is -2.08. The summed E-state index contributed by atoms with van der Waals surface area (Å²) in [5, 5.41) is 0. The molecule has 0 saturated carbocycles. The zero-order valence-electron chi connectivity index (χ0n) is 10.7. The van der Waals surface area contributed by atoms with Crippen molar-refractivity contribution < 1.29 is 9.47 Å². The minimum Gasteiger partial charge on any atom is -0.379 e. The number of aryl methyl sites for hydroxylation is 2. The van der Waals surface area contributed by atoms with Gasteiger partial charge in [0.1, 0.15) is 6.10 Å². The molecule has 1 aromatic carbocycles. The fourth-order valence-corrected chi connectivity index (χ4v) is 2.06. The summed E-state index contributed by atoms with van der Waals surface area (Å²) in [5.41, 5.74) is 2.99. The van der Waals surface area contributed by atoms with E-state index in [-0.39, 0.29) is 0 Å². The van der Waals surface area contributed by atoms with Crippen LogP contribution in [0.15, 0.2) is 24.3 Å². The van der Waals surface area contributed by atoms with Crippen LogP contribution in [-0.2, 0) is 22.3 Å². The molecule has 0 bridgehead atoms. The van der Waals surface area contributed by atoms with Crippen LogP contribution in [0.5, 0.6) is 0 Å². The highest BCUT2D eigenvalue weighted by molar-refractivity contribution is 5.27. The van der Waals surface area contributed by atoms with Crippen LogP contribution in [-0.4, -0.2) is 25.9 Å². The third-order valence-electron chi connectivity index (χ3n) is 3.08. The summed E-state index contributed by atoms with van der Waals surface area (Å²) in [6.45, 7) is 4.74. The van der Waals surface area contributed by atoms with Gasteiger partial charge in [0.15, 0.2) is 0 Å². The van der Waals surface area contributed by atoms with Crippen LogP contribution >= 0.6 is 0 Å². The smallest absolute Gasteiger partial charge is 0.104 e. The second-order valence-electron chi connectivity index (χ2n) is 4.65. The van der Waals surface area contributed by atoms with Crippen molar-refractivity contribution in [3.8, 4) is 0 Å². The quantitative estimate of drug-likeness (QED) is 0.509. The summed E-state index contributed by atoms with van der Waals surface area (Å²) in [4.78, 5) is 0. The second-order valence-corrected chi connectivity index (χ2v) is 4.65. The van der Waals surface area contributed by atoms with Gasteiger partial charge < -0.3 is 9.47 Å². The van der Waals surface area contributed by atoms with Gasteiger partial charge in [0.2, 0.25) is 0 Å². The van der Waals surface area contributed by atoms with Crippen molar-refractivity contribution in [2.45, 2.75) is 38.7 Å². The van der Waals surface area contributed by atoms with Crippen LogP contribution in [0.25, 0.3) is 0 Å². The van der Waals surface area contributed by atoms with Gasteiger partial charge in [-0.2, -0.15) is 0 Å². The highest BCUT2D eigenvalue weighted by Crippen LogP contribution is 2.14. The van der Waals surface area contributed by atoms with Crippen LogP contribution in [0.3, 0.4) is 0 Å². The molecule has 1 unspecified atom stereocenters. The van der Waals surface area contributed by atoms with Crippen LogP contribution in [0.4, 0.5) is 0 Å². The molecule has 2 nitrogen and oxygen atoms in total. The lowest BCUT2D eigenvalue weighted by molar-refractivity contribution is 0.114.